The Morgan fingerprint density at radius 3 is 2.46 bits per heavy atom. The van der Waals surface area contributed by atoms with Crippen molar-refractivity contribution in [3.8, 4) is 5.69 Å². The van der Waals surface area contributed by atoms with Crippen molar-refractivity contribution in [3.63, 3.8) is 0 Å². The van der Waals surface area contributed by atoms with Crippen LogP contribution in [-0.4, -0.2) is 15.7 Å². The Hall–Kier alpha value is -2.88. The van der Waals surface area contributed by atoms with Crippen molar-refractivity contribution in [2.75, 3.05) is 5.32 Å². The van der Waals surface area contributed by atoms with Crippen molar-refractivity contribution in [3.05, 3.63) is 78.0 Å². The highest BCUT2D eigenvalue weighted by Crippen LogP contribution is 2.50. The summed E-state index contributed by atoms with van der Waals surface area (Å²) in [6.07, 6.45) is 3.64. The van der Waals surface area contributed by atoms with Gasteiger partial charge in [-0.1, -0.05) is 42.5 Å². The summed E-state index contributed by atoms with van der Waals surface area (Å²) in [5.41, 5.74) is 2.88. The molecular formula is C20H19N3O. The Kier molecular flexibility index (Phi) is 3.45. The summed E-state index contributed by atoms with van der Waals surface area (Å²) in [5.74, 6) is 0.624. The summed E-state index contributed by atoms with van der Waals surface area (Å²) < 4.78 is 1.77. The fourth-order valence-electron chi connectivity index (χ4n) is 3.20. The van der Waals surface area contributed by atoms with E-state index in [0.717, 1.165) is 24.1 Å². The normalized spacial score (nSPS) is 15.0. The lowest BCUT2D eigenvalue weighted by molar-refractivity contribution is -0.118. The molecule has 24 heavy (non-hydrogen) atoms. The first-order valence-corrected chi connectivity index (χ1v) is 8.18. The van der Waals surface area contributed by atoms with Gasteiger partial charge >= 0.3 is 0 Å². The maximum absolute atomic E-state index is 12.8. The molecule has 0 radical (unpaired) electrons. The highest BCUT2D eigenvalue weighted by molar-refractivity contribution is 6.01. The zero-order chi connectivity index (χ0) is 16.6. The van der Waals surface area contributed by atoms with Crippen molar-refractivity contribution in [2.24, 2.45) is 0 Å². The number of para-hydroxylation sites is 1. The molecule has 1 aliphatic rings. The smallest absolute Gasteiger partial charge is 0.236 e. The second-order valence-electron chi connectivity index (χ2n) is 6.33. The number of aryl methyl sites for hydroxylation is 1. The third-order valence-electron chi connectivity index (χ3n) is 4.70. The number of rotatable bonds is 4. The van der Waals surface area contributed by atoms with E-state index in [0.29, 0.717) is 5.82 Å². The lowest BCUT2D eigenvalue weighted by atomic mass is 9.91. The molecule has 120 valence electrons. The van der Waals surface area contributed by atoms with E-state index in [-0.39, 0.29) is 11.3 Å². The molecule has 1 fully saturated rings. The molecule has 3 aromatic rings. The molecule has 0 aliphatic heterocycles. The molecule has 4 nitrogen and oxygen atoms in total. The van der Waals surface area contributed by atoms with E-state index in [9.17, 15) is 4.79 Å². The Balaban J connectivity index is 1.55. The molecule has 0 bridgehead atoms. The summed E-state index contributed by atoms with van der Waals surface area (Å²) in [5, 5.41) is 7.45. The van der Waals surface area contributed by atoms with Crippen molar-refractivity contribution in [2.45, 2.75) is 25.2 Å². The van der Waals surface area contributed by atoms with Crippen LogP contribution in [0.25, 0.3) is 5.69 Å². The van der Waals surface area contributed by atoms with Gasteiger partial charge in [-0.05, 0) is 43.0 Å². The van der Waals surface area contributed by atoms with Crippen LogP contribution in [0.5, 0.6) is 0 Å². The lowest BCUT2D eigenvalue weighted by Gasteiger charge is -2.17. The average Bonchev–Trinajstić information content (AvgIpc) is 3.29. The third kappa shape index (κ3) is 2.50. The largest absolute Gasteiger partial charge is 0.308 e. The molecule has 4 rings (SSSR count). The van der Waals surface area contributed by atoms with Crippen LogP contribution in [0.2, 0.25) is 0 Å². The second-order valence-corrected chi connectivity index (χ2v) is 6.33. The fraction of sp³-hybridized carbons (Fsp3) is 0.200. The number of anilines is 1. The molecule has 4 heteroatoms. The molecule has 0 saturated heterocycles. The van der Waals surface area contributed by atoms with Crippen LogP contribution < -0.4 is 5.32 Å². The fourth-order valence-corrected chi connectivity index (χ4v) is 3.20. The van der Waals surface area contributed by atoms with Gasteiger partial charge in [-0.25, -0.2) is 4.68 Å². The van der Waals surface area contributed by atoms with E-state index >= 15 is 0 Å². The maximum Gasteiger partial charge on any atom is 0.236 e. The molecule has 1 saturated carbocycles. The zero-order valence-electron chi connectivity index (χ0n) is 13.6. The van der Waals surface area contributed by atoms with Gasteiger partial charge in [0.15, 0.2) is 5.82 Å². The summed E-state index contributed by atoms with van der Waals surface area (Å²) >= 11 is 0. The highest BCUT2D eigenvalue weighted by Gasteiger charge is 2.52. The molecular weight excluding hydrogens is 298 g/mol. The van der Waals surface area contributed by atoms with Crippen molar-refractivity contribution >= 4 is 11.7 Å². The topological polar surface area (TPSA) is 46.9 Å². The Morgan fingerprint density at radius 2 is 1.75 bits per heavy atom. The van der Waals surface area contributed by atoms with Crippen LogP contribution in [0, 0.1) is 6.92 Å². The van der Waals surface area contributed by atoms with E-state index in [1.807, 2.05) is 54.7 Å². The quantitative estimate of drug-likeness (QED) is 0.794. The summed E-state index contributed by atoms with van der Waals surface area (Å²) in [6, 6.07) is 19.8. The number of hydrogen-bond donors (Lipinski definition) is 1. The molecule has 1 aromatic heterocycles. The van der Waals surface area contributed by atoms with Crippen molar-refractivity contribution in [1.82, 2.24) is 9.78 Å². The monoisotopic (exact) mass is 317 g/mol. The highest BCUT2D eigenvalue weighted by atomic mass is 16.2. The Bertz CT molecular complexity index is 879. The van der Waals surface area contributed by atoms with E-state index in [4.69, 9.17) is 0 Å². The van der Waals surface area contributed by atoms with Crippen LogP contribution in [0.4, 0.5) is 5.82 Å². The van der Waals surface area contributed by atoms with Gasteiger partial charge in [-0.15, -0.1) is 0 Å². The first-order valence-electron chi connectivity index (χ1n) is 8.18. The summed E-state index contributed by atoms with van der Waals surface area (Å²) in [4.78, 5) is 12.8. The molecule has 1 N–H and O–H groups in total. The number of carbonyl (C=O) groups excluding carboxylic acids is 1. The molecule has 0 unspecified atom stereocenters. The van der Waals surface area contributed by atoms with Gasteiger partial charge in [0, 0.05) is 12.3 Å². The first-order chi connectivity index (χ1) is 11.7. The predicted octanol–water partition coefficient (Wildman–Crippen LogP) is 3.85. The maximum atomic E-state index is 12.8. The van der Waals surface area contributed by atoms with Gasteiger partial charge in [0.1, 0.15) is 0 Å². The number of amides is 1. The van der Waals surface area contributed by atoms with Gasteiger partial charge in [0.2, 0.25) is 5.91 Å². The zero-order valence-corrected chi connectivity index (χ0v) is 13.6. The second kappa shape index (κ2) is 5.64. The number of aromatic nitrogens is 2. The Morgan fingerprint density at radius 1 is 1.04 bits per heavy atom. The summed E-state index contributed by atoms with van der Waals surface area (Å²) in [6.45, 7) is 2.06. The number of benzene rings is 2. The molecule has 1 aliphatic carbocycles. The van der Waals surface area contributed by atoms with E-state index in [2.05, 4.69) is 29.5 Å². The minimum Gasteiger partial charge on any atom is -0.308 e. The van der Waals surface area contributed by atoms with Crippen LogP contribution in [0.3, 0.4) is 0 Å². The van der Waals surface area contributed by atoms with Gasteiger partial charge in [0.05, 0.1) is 11.1 Å². The van der Waals surface area contributed by atoms with E-state index in [1.54, 1.807) is 4.68 Å². The van der Waals surface area contributed by atoms with Gasteiger partial charge < -0.3 is 5.32 Å². The van der Waals surface area contributed by atoms with Gasteiger partial charge in [-0.3, -0.25) is 4.79 Å². The standard InChI is InChI=1S/C20H19N3O/c1-15-7-5-6-10-17(15)20(12-13-20)19(24)21-18-11-14-23(22-18)16-8-3-2-4-9-16/h2-11,14H,12-13H2,1H3,(H,21,22,24). The minimum absolute atomic E-state index is 0.0371. The third-order valence-corrected chi connectivity index (χ3v) is 4.70. The van der Waals surface area contributed by atoms with Crippen molar-refractivity contribution in [1.29, 1.82) is 0 Å². The average molecular weight is 317 g/mol. The number of nitrogens with one attached hydrogen (secondary N) is 1. The molecule has 1 heterocycles. The molecule has 0 atom stereocenters. The van der Waals surface area contributed by atoms with E-state index < -0.39 is 0 Å². The lowest BCUT2D eigenvalue weighted by Crippen LogP contribution is -2.28. The molecule has 2 aromatic carbocycles. The number of nitrogens with zero attached hydrogens (tertiary/aromatic N) is 2. The van der Waals surface area contributed by atoms with Crippen molar-refractivity contribution < 1.29 is 4.79 Å². The van der Waals surface area contributed by atoms with E-state index in [1.165, 1.54) is 5.56 Å². The predicted molar refractivity (Wildman–Crippen MR) is 94.3 cm³/mol. The minimum atomic E-state index is -0.387. The van der Waals surface area contributed by atoms with Gasteiger partial charge in [0.25, 0.3) is 0 Å². The summed E-state index contributed by atoms with van der Waals surface area (Å²) in [7, 11) is 0. The van der Waals surface area contributed by atoms with Crippen LogP contribution in [0.1, 0.15) is 24.0 Å². The van der Waals surface area contributed by atoms with Crippen LogP contribution in [-0.2, 0) is 10.2 Å². The Labute approximate surface area is 141 Å². The van der Waals surface area contributed by atoms with Crippen LogP contribution in [0.15, 0.2) is 66.9 Å². The first kappa shape index (κ1) is 14.7. The van der Waals surface area contributed by atoms with Crippen LogP contribution >= 0.6 is 0 Å². The van der Waals surface area contributed by atoms with Gasteiger partial charge in [-0.2, -0.15) is 5.10 Å². The molecule has 0 spiro atoms. The molecule has 1 amide bonds. The number of hydrogen-bond acceptors (Lipinski definition) is 2. The SMILES string of the molecule is Cc1ccccc1C1(C(=O)Nc2ccn(-c3ccccc3)n2)CC1. The number of carbonyl (C=O) groups is 1.